The van der Waals surface area contributed by atoms with Crippen LogP contribution >= 0.6 is 0 Å². The van der Waals surface area contributed by atoms with Crippen LogP contribution < -0.4 is 0 Å². The summed E-state index contributed by atoms with van der Waals surface area (Å²) in [5.74, 6) is -0.413. The Morgan fingerprint density at radius 3 is 2.13 bits per heavy atom. The van der Waals surface area contributed by atoms with Crippen LogP contribution in [-0.2, 0) is 18.8 Å². The Morgan fingerprint density at radius 2 is 1.65 bits per heavy atom. The molecule has 0 aliphatic carbocycles. The fourth-order valence-corrected chi connectivity index (χ4v) is 2.64. The Bertz CT molecular complexity index is 535. The lowest BCUT2D eigenvalue weighted by atomic mass is 9.66. The number of hydrogen-bond acceptors (Lipinski definition) is 4. The van der Waals surface area contributed by atoms with Gasteiger partial charge in [-0.3, -0.25) is 4.79 Å². The standard InChI is InChI=1S/C18H27BO4/c1-7-21-16(20)12-15(14-10-8-13(2)9-11-14)19-22-17(3,4)18(5,6)23-19/h8-11,15H,7,12H2,1-6H3/t15-/m0/s1. The molecule has 1 heterocycles. The molecule has 1 aromatic rings. The van der Waals surface area contributed by atoms with Crippen LogP contribution in [0.5, 0.6) is 0 Å². The van der Waals surface area contributed by atoms with Crippen molar-refractivity contribution in [1.29, 1.82) is 0 Å². The zero-order valence-electron chi connectivity index (χ0n) is 15.0. The number of rotatable bonds is 5. The summed E-state index contributed by atoms with van der Waals surface area (Å²) in [5, 5.41) is 0. The molecular weight excluding hydrogens is 291 g/mol. The van der Waals surface area contributed by atoms with Crippen LogP contribution in [-0.4, -0.2) is 30.9 Å². The predicted octanol–water partition coefficient (Wildman–Crippen LogP) is 3.66. The molecule has 0 amide bonds. The van der Waals surface area contributed by atoms with Crippen molar-refractivity contribution in [3.8, 4) is 0 Å². The first-order valence-corrected chi connectivity index (χ1v) is 8.24. The third-order valence-electron chi connectivity index (χ3n) is 4.80. The summed E-state index contributed by atoms with van der Waals surface area (Å²) < 4.78 is 17.5. The van der Waals surface area contributed by atoms with Crippen LogP contribution in [0.3, 0.4) is 0 Å². The highest BCUT2D eigenvalue weighted by Gasteiger charge is 2.54. The Hall–Kier alpha value is -1.33. The lowest BCUT2D eigenvalue weighted by Crippen LogP contribution is -2.41. The average molecular weight is 318 g/mol. The zero-order chi connectivity index (χ0) is 17.3. The molecule has 4 nitrogen and oxygen atoms in total. The number of aryl methyl sites for hydroxylation is 1. The van der Waals surface area contributed by atoms with Gasteiger partial charge in [-0.2, -0.15) is 0 Å². The number of carbonyl (C=O) groups excluding carboxylic acids is 1. The fraction of sp³-hybridized carbons (Fsp3) is 0.611. The molecule has 23 heavy (non-hydrogen) atoms. The van der Waals surface area contributed by atoms with Crippen LogP contribution in [0.15, 0.2) is 24.3 Å². The van der Waals surface area contributed by atoms with Crippen molar-refractivity contribution in [2.75, 3.05) is 6.61 Å². The van der Waals surface area contributed by atoms with Crippen molar-refractivity contribution < 1.29 is 18.8 Å². The van der Waals surface area contributed by atoms with Gasteiger partial charge in [0, 0.05) is 5.82 Å². The minimum atomic E-state index is -0.466. The third-order valence-corrected chi connectivity index (χ3v) is 4.80. The second-order valence-corrected chi connectivity index (χ2v) is 7.15. The SMILES string of the molecule is CCOC(=O)C[C@H](B1OC(C)(C)C(C)(C)O1)c1ccc(C)cc1. The molecule has 0 saturated carbocycles. The van der Waals surface area contributed by atoms with Crippen molar-refractivity contribution >= 4 is 13.1 Å². The number of hydrogen-bond donors (Lipinski definition) is 0. The highest BCUT2D eigenvalue weighted by Crippen LogP contribution is 2.41. The largest absolute Gasteiger partial charge is 0.466 e. The number of carbonyl (C=O) groups is 1. The van der Waals surface area contributed by atoms with E-state index >= 15 is 0 Å². The molecule has 1 aliphatic heterocycles. The summed E-state index contributed by atoms with van der Waals surface area (Å²) in [7, 11) is -0.466. The zero-order valence-corrected chi connectivity index (χ0v) is 15.0. The van der Waals surface area contributed by atoms with E-state index in [-0.39, 0.29) is 18.2 Å². The maximum absolute atomic E-state index is 12.0. The number of benzene rings is 1. The monoisotopic (exact) mass is 318 g/mol. The Morgan fingerprint density at radius 1 is 1.13 bits per heavy atom. The normalized spacial score (nSPS) is 20.3. The average Bonchev–Trinajstić information content (AvgIpc) is 2.66. The lowest BCUT2D eigenvalue weighted by molar-refractivity contribution is -0.143. The van der Waals surface area contributed by atoms with E-state index in [1.54, 1.807) is 0 Å². The Balaban J connectivity index is 2.27. The highest BCUT2D eigenvalue weighted by atomic mass is 16.7. The van der Waals surface area contributed by atoms with E-state index in [1.165, 1.54) is 5.56 Å². The van der Waals surface area contributed by atoms with Gasteiger partial charge < -0.3 is 14.0 Å². The molecular formula is C18H27BO4. The number of esters is 1. The molecule has 0 radical (unpaired) electrons. The topological polar surface area (TPSA) is 44.8 Å². The lowest BCUT2D eigenvalue weighted by Gasteiger charge is -2.32. The van der Waals surface area contributed by atoms with Crippen molar-refractivity contribution in [3.05, 3.63) is 35.4 Å². The summed E-state index contributed by atoms with van der Waals surface area (Å²) in [4.78, 5) is 12.0. The minimum absolute atomic E-state index is 0.185. The summed E-state index contributed by atoms with van der Waals surface area (Å²) in [6.45, 7) is 12.3. The highest BCUT2D eigenvalue weighted by molar-refractivity contribution is 6.48. The van der Waals surface area contributed by atoms with Crippen LogP contribution in [0.25, 0.3) is 0 Å². The van der Waals surface area contributed by atoms with Crippen LogP contribution in [0.4, 0.5) is 0 Å². The molecule has 0 aromatic heterocycles. The summed E-state index contributed by atoms with van der Waals surface area (Å²) in [6.07, 6.45) is 0.244. The molecule has 1 aliphatic rings. The summed E-state index contributed by atoms with van der Waals surface area (Å²) in [5.41, 5.74) is 1.37. The molecule has 1 saturated heterocycles. The van der Waals surface area contributed by atoms with Gasteiger partial charge in [-0.05, 0) is 47.1 Å². The molecule has 2 rings (SSSR count). The second-order valence-electron chi connectivity index (χ2n) is 7.15. The van der Waals surface area contributed by atoms with Crippen molar-refractivity contribution in [2.24, 2.45) is 0 Å². The molecule has 1 atom stereocenters. The third kappa shape index (κ3) is 3.96. The quantitative estimate of drug-likeness (QED) is 0.614. The van der Waals surface area contributed by atoms with Gasteiger partial charge in [0.15, 0.2) is 0 Å². The predicted molar refractivity (Wildman–Crippen MR) is 91.3 cm³/mol. The maximum atomic E-state index is 12.0. The van der Waals surface area contributed by atoms with Crippen LogP contribution in [0, 0.1) is 6.92 Å². The van der Waals surface area contributed by atoms with Crippen molar-refractivity contribution in [2.45, 2.75) is 65.0 Å². The molecule has 0 bridgehead atoms. The van der Waals surface area contributed by atoms with E-state index in [1.807, 2.05) is 65.8 Å². The summed E-state index contributed by atoms with van der Waals surface area (Å²) >= 11 is 0. The van der Waals surface area contributed by atoms with E-state index in [0.717, 1.165) is 5.56 Å². The molecule has 1 aromatic carbocycles. The van der Waals surface area contributed by atoms with E-state index < -0.39 is 18.3 Å². The summed E-state index contributed by atoms with van der Waals surface area (Å²) in [6, 6.07) is 8.14. The van der Waals surface area contributed by atoms with Gasteiger partial charge >= 0.3 is 13.1 Å². The molecule has 0 N–H and O–H groups in total. The van der Waals surface area contributed by atoms with Gasteiger partial charge in [0.1, 0.15) is 0 Å². The fourth-order valence-electron chi connectivity index (χ4n) is 2.64. The molecule has 0 unspecified atom stereocenters. The van der Waals surface area contributed by atoms with Crippen LogP contribution in [0.2, 0.25) is 0 Å². The minimum Gasteiger partial charge on any atom is -0.466 e. The van der Waals surface area contributed by atoms with Gasteiger partial charge in [0.05, 0.1) is 24.2 Å². The number of ether oxygens (including phenoxy) is 1. The Labute approximate surface area is 139 Å². The molecule has 126 valence electrons. The van der Waals surface area contributed by atoms with Crippen molar-refractivity contribution in [3.63, 3.8) is 0 Å². The van der Waals surface area contributed by atoms with E-state index in [4.69, 9.17) is 14.0 Å². The van der Waals surface area contributed by atoms with Gasteiger partial charge in [-0.1, -0.05) is 29.8 Å². The van der Waals surface area contributed by atoms with Gasteiger partial charge in [0.25, 0.3) is 0 Å². The maximum Gasteiger partial charge on any atom is 0.466 e. The molecule has 5 heteroatoms. The van der Waals surface area contributed by atoms with E-state index in [0.29, 0.717) is 6.61 Å². The first-order valence-electron chi connectivity index (χ1n) is 8.24. The Kier molecular flexibility index (Phi) is 5.22. The first-order chi connectivity index (χ1) is 10.7. The van der Waals surface area contributed by atoms with Crippen molar-refractivity contribution in [1.82, 2.24) is 0 Å². The first kappa shape index (κ1) is 18.0. The van der Waals surface area contributed by atoms with E-state index in [9.17, 15) is 4.79 Å². The van der Waals surface area contributed by atoms with Gasteiger partial charge in [0.2, 0.25) is 0 Å². The molecule has 1 fully saturated rings. The smallest absolute Gasteiger partial charge is 0.466 e. The van der Waals surface area contributed by atoms with Crippen LogP contribution in [0.1, 0.15) is 58.0 Å². The van der Waals surface area contributed by atoms with Gasteiger partial charge in [-0.15, -0.1) is 0 Å². The van der Waals surface area contributed by atoms with Gasteiger partial charge in [-0.25, -0.2) is 0 Å². The second kappa shape index (κ2) is 6.66. The molecule has 0 spiro atoms. The van der Waals surface area contributed by atoms with E-state index in [2.05, 4.69) is 0 Å².